The van der Waals surface area contributed by atoms with E-state index in [1.165, 1.54) is 32.4 Å². The molecule has 0 bridgehead atoms. The zero-order chi connectivity index (χ0) is 9.19. The van der Waals surface area contributed by atoms with Crippen LogP contribution < -0.4 is 0 Å². The van der Waals surface area contributed by atoms with Crippen molar-refractivity contribution in [3.63, 3.8) is 0 Å². The predicted molar refractivity (Wildman–Crippen MR) is 54.3 cm³/mol. The highest BCUT2D eigenvalue weighted by atomic mass is 15.1. The quantitative estimate of drug-likeness (QED) is 0.614. The average Bonchev–Trinajstić information content (AvgIpc) is 2.09. The zero-order valence-electron chi connectivity index (χ0n) is 9.06. The minimum absolute atomic E-state index is 0.626. The van der Waals surface area contributed by atoms with E-state index in [4.69, 9.17) is 0 Å². The Hall–Kier alpha value is -0.0400. The van der Waals surface area contributed by atoms with Crippen LogP contribution in [0.3, 0.4) is 0 Å². The summed E-state index contributed by atoms with van der Waals surface area (Å²) in [5.74, 6) is 0.895. The van der Waals surface area contributed by atoms with Gasteiger partial charge in [0.1, 0.15) is 0 Å². The lowest BCUT2D eigenvalue weighted by molar-refractivity contribution is 0.0825. The van der Waals surface area contributed by atoms with Gasteiger partial charge in [-0.1, -0.05) is 27.2 Å². The standard InChI is InChI=1S/C11H23N/c1-5-10(2)11(3)6-8-12(4)9-7-11/h10H,5-9H2,1-4H3. The molecule has 0 aromatic heterocycles. The highest BCUT2D eigenvalue weighted by molar-refractivity contribution is 4.84. The second-order valence-corrected chi connectivity index (χ2v) is 4.77. The lowest BCUT2D eigenvalue weighted by atomic mass is 9.70. The van der Waals surface area contributed by atoms with Crippen molar-refractivity contribution in [2.45, 2.75) is 40.0 Å². The topological polar surface area (TPSA) is 3.24 Å². The van der Waals surface area contributed by atoms with Crippen molar-refractivity contribution in [3.05, 3.63) is 0 Å². The third-order valence-electron chi connectivity index (χ3n) is 3.93. The molecule has 1 saturated heterocycles. The third-order valence-corrected chi connectivity index (χ3v) is 3.93. The van der Waals surface area contributed by atoms with Crippen LogP contribution in [0.25, 0.3) is 0 Å². The van der Waals surface area contributed by atoms with E-state index in [-0.39, 0.29) is 0 Å². The molecule has 1 heterocycles. The van der Waals surface area contributed by atoms with E-state index in [0.29, 0.717) is 5.41 Å². The zero-order valence-corrected chi connectivity index (χ0v) is 9.06. The molecule has 1 heteroatoms. The predicted octanol–water partition coefficient (Wildman–Crippen LogP) is 2.76. The Morgan fingerprint density at radius 3 is 2.25 bits per heavy atom. The molecule has 0 aromatic rings. The Labute approximate surface area is 77.1 Å². The fourth-order valence-electron chi connectivity index (χ4n) is 2.11. The second-order valence-electron chi connectivity index (χ2n) is 4.77. The van der Waals surface area contributed by atoms with Gasteiger partial charge in [-0.2, -0.15) is 0 Å². The number of rotatable bonds is 2. The molecule has 1 unspecified atom stereocenters. The first-order valence-corrected chi connectivity index (χ1v) is 5.27. The van der Waals surface area contributed by atoms with Gasteiger partial charge in [-0.3, -0.25) is 0 Å². The van der Waals surface area contributed by atoms with Crippen molar-refractivity contribution in [1.29, 1.82) is 0 Å². The summed E-state index contributed by atoms with van der Waals surface area (Å²) < 4.78 is 0. The fraction of sp³-hybridized carbons (Fsp3) is 1.00. The van der Waals surface area contributed by atoms with Gasteiger partial charge in [0.05, 0.1) is 0 Å². The minimum Gasteiger partial charge on any atom is -0.306 e. The number of piperidine rings is 1. The van der Waals surface area contributed by atoms with E-state index in [2.05, 4.69) is 32.7 Å². The number of hydrogen-bond donors (Lipinski definition) is 0. The van der Waals surface area contributed by atoms with Gasteiger partial charge in [-0.25, -0.2) is 0 Å². The summed E-state index contributed by atoms with van der Waals surface area (Å²) in [7, 11) is 2.23. The van der Waals surface area contributed by atoms with Crippen LogP contribution in [0.15, 0.2) is 0 Å². The van der Waals surface area contributed by atoms with Crippen LogP contribution in [0.1, 0.15) is 40.0 Å². The molecule has 1 aliphatic heterocycles. The summed E-state index contributed by atoms with van der Waals surface area (Å²) in [5, 5.41) is 0. The number of nitrogens with zero attached hydrogens (tertiary/aromatic N) is 1. The highest BCUT2D eigenvalue weighted by Gasteiger charge is 2.32. The first kappa shape index (κ1) is 10.0. The third kappa shape index (κ3) is 2.01. The Morgan fingerprint density at radius 1 is 1.33 bits per heavy atom. The van der Waals surface area contributed by atoms with Crippen LogP contribution >= 0.6 is 0 Å². The van der Waals surface area contributed by atoms with Crippen LogP contribution in [-0.4, -0.2) is 25.0 Å². The summed E-state index contributed by atoms with van der Waals surface area (Å²) >= 11 is 0. The molecule has 1 aliphatic rings. The Morgan fingerprint density at radius 2 is 1.83 bits per heavy atom. The highest BCUT2D eigenvalue weighted by Crippen LogP contribution is 2.39. The van der Waals surface area contributed by atoms with Crippen molar-refractivity contribution < 1.29 is 0 Å². The van der Waals surface area contributed by atoms with Crippen LogP contribution in [0.5, 0.6) is 0 Å². The molecule has 1 nitrogen and oxygen atoms in total. The summed E-state index contributed by atoms with van der Waals surface area (Å²) in [5.41, 5.74) is 0.626. The molecular formula is C11H23N. The van der Waals surface area contributed by atoms with E-state index < -0.39 is 0 Å². The second kappa shape index (κ2) is 3.78. The van der Waals surface area contributed by atoms with Gasteiger partial charge in [0.15, 0.2) is 0 Å². The Balaban J connectivity index is 2.49. The van der Waals surface area contributed by atoms with E-state index in [1.807, 2.05) is 0 Å². The molecule has 0 spiro atoms. The van der Waals surface area contributed by atoms with Crippen molar-refractivity contribution in [3.8, 4) is 0 Å². The van der Waals surface area contributed by atoms with Crippen molar-refractivity contribution in [1.82, 2.24) is 4.90 Å². The first-order chi connectivity index (χ1) is 5.58. The summed E-state index contributed by atoms with van der Waals surface area (Å²) in [6.07, 6.45) is 4.11. The van der Waals surface area contributed by atoms with Crippen LogP contribution in [0.4, 0.5) is 0 Å². The van der Waals surface area contributed by atoms with Crippen molar-refractivity contribution >= 4 is 0 Å². The molecule has 0 N–H and O–H groups in total. The SMILES string of the molecule is CCC(C)C1(C)CCN(C)CC1. The smallest absolute Gasteiger partial charge is 0.00165 e. The fourth-order valence-corrected chi connectivity index (χ4v) is 2.11. The Bertz CT molecular complexity index is 134. The maximum Gasteiger partial charge on any atom is -0.00165 e. The molecule has 1 rings (SSSR count). The van der Waals surface area contributed by atoms with Crippen LogP contribution in [0, 0.1) is 11.3 Å². The molecule has 0 radical (unpaired) electrons. The van der Waals surface area contributed by atoms with Gasteiger partial charge in [0.2, 0.25) is 0 Å². The van der Waals surface area contributed by atoms with Gasteiger partial charge in [0.25, 0.3) is 0 Å². The summed E-state index contributed by atoms with van der Waals surface area (Å²) in [6, 6.07) is 0. The minimum atomic E-state index is 0.626. The maximum atomic E-state index is 2.47. The lowest BCUT2D eigenvalue weighted by Gasteiger charge is -2.42. The molecule has 0 amide bonds. The molecule has 0 saturated carbocycles. The monoisotopic (exact) mass is 169 g/mol. The molecule has 0 aromatic carbocycles. The molecule has 0 aliphatic carbocycles. The average molecular weight is 169 g/mol. The number of hydrogen-bond acceptors (Lipinski definition) is 1. The van der Waals surface area contributed by atoms with E-state index in [1.54, 1.807) is 0 Å². The maximum absolute atomic E-state index is 2.47. The van der Waals surface area contributed by atoms with E-state index in [0.717, 1.165) is 5.92 Å². The van der Waals surface area contributed by atoms with Crippen molar-refractivity contribution in [2.75, 3.05) is 20.1 Å². The van der Waals surface area contributed by atoms with E-state index in [9.17, 15) is 0 Å². The van der Waals surface area contributed by atoms with Gasteiger partial charge >= 0.3 is 0 Å². The first-order valence-electron chi connectivity index (χ1n) is 5.27. The summed E-state index contributed by atoms with van der Waals surface area (Å²) in [6.45, 7) is 9.77. The van der Waals surface area contributed by atoms with Crippen molar-refractivity contribution in [2.24, 2.45) is 11.3 Å². The van der Waals surface area contributed by atoms with Gasteiger partial charge in [0, 0.05) is 0 Å². The van der Waals surface area contributed by atoms with Gasteiger partial charge in [-0.15, -0.1) is 0 Å². The van der Waals surface area contributed by atoms with Crippen LogP contribution in [-0.2, 0) is 0 Å². The van der Waals surface area contributed by atoms with Gasteiger partial charge in [-0.05, 0) is 44.3 Å². The Kier molecular flexibility index (Phi) is 3.16. The molecule has 12 heavy (non-hydrogen) atoms. The van der Waals surface area contributed by atoms with Crippen LogP contribution in [0.2, 0.25) is 0 Å². The van der Waals surface area contributed by atoms with E-state index >= 15 is 0 Å². The number of likely N-dealkylation sites (tertiary alicyclic amines) is 1. The summed E-state index contributed by atoms with van der Waals surface area (Å²) in [4.78, 5) is 2.45. The normalized spacial score (nSPS) is 27.0. The molecule has 72 valence electrons. The van der Waals surface area contributed by atoms with Gasteiger partial charge < -0.3 is 4.90 Å². The largest absolute Gasteiger partial charge is 0.306 e. The molecule has 1 fully saturated rings. The molecular weight excluding hydrogens is 146 g/mol. The molecule has 1 atom stereocenters. The lowest BCUT2D eigenvalue weighted by Crippen LogP contribution is -2.39.